The first-order chi connectivity index (χ1) is 17.4. The lowest BCUT2D eigenvalue weighted by Crippen LogP contribution is -2.18. The first kappa shape index (κ1) is 24.9. The Morgan fingerprint density at radius 3 is 2.83 bits per heavy atom. The zero-order chi connectivity index (χ0) is 25.2. The number of ether oxygens (including phenoxy) is 1. The summed E-state index contributed by atoms with van der Waals surface area (Å²) in [4.78, 5) is 36.9. The van der Waals surface area contributed by atoms with Gasteiger partial charge in [0, 0.05) is 15.8 Å². The summed E-state index contributed by atoms with van der Waals surface area (Å²) in [6.07, 6.45) is 4.24. The van der Waals surface area contributed by atoms with E-state index in [1.807, 2.05) is 5.38 Å². The maximum atomic E-state index is 13.4. The number of benzene rings is 1. The smallest absolute Gasteiger partial charge is 0.350 e. The van der Waals surface area contributed by atoms with Crippen LogP contribution in [0.2, 0.25) is 0 Å². The van der Waals surface area contributed by atoms with Crippen molar-refractivity contribution in [2.75, 3.05) is 17.7 Å². The Hall–Kier alpha value is -2.82. The summed E-state index contributed by atoms with van der Waals surface area (Å²) in [6.45, 7) is 4.26. The fourth-order valence-corrected chi connectivity index (χ4v) is 7.49. The summed E-state index contributed by atoms with van der Waals surface area (Å²) in [5.41, 5.74) is 3.42. The van der Waals surface area contributed by atoms with Crippen LogP contribution < -0.4 is 5.32 Å². The molecule has 3 aromatic heterocycles. The second kappa shape index (κ2) is 10.7. The van der Waals surface area contributed by atoms with Crippen molar-refractivity contribution in [1.29, 1.82) is 0 Å². The number of carbonyl (C=O) groups is 2. The molecule has 1 aliphatic carbocycles. The summed E-state index contributed by atoms with van der Waals surface area (Å²) in [5.74, 6) is -0.240. The highest BCUT2D eigenvalue weighted by atomic mass is 32.2. The maximum Gasteiger partial charge on any atom is 0.350 e. The van der Waals surface area contributed by atoms with Gasteiger partial charge in [-0.05, 0) is 55.4 Å². The van der Waals surface area contributed by atoms with Crippen LogP contribution in [-0.2, 0) is 22.4 Å². The molecule has 36 heavy (non-hydrogen) atoms. The van der Waals surface area contributed by atoms with Gasteiger partial charge in [0.05, 0.1) is 23.4 Å². The molecule has 0 unspecified atom stereocenters. The van der Waals surface area contributed by atoms with Gasteiger partial charge in [0.2, 0.25) is 5.91 Å². The van der Waals surface area contributed by atoms with Crippen LogP contribution in [0.1, 0.15) is 40.4 Å². The van der Waals surface area contributed by atoms with Crippen molar-refractivity contribution < 1.29 is 18.7 Å². The molecule has 1 amide bonds. The largest absolute Gasteiger partial charge is 0.462 e. The summed E-state index contributed by atoms with van der Waals surface area (Å²) in [7, 11) is 0. The van der Waals surface area contributed by atoms with Gasteiger partial charge in [-0.25, -0.2) is 19.2 Å². The molecule has 0 aliphatic heterocycles. The van der Waals surface area contributed by atoms with Crippen LogP contribution in [0.15, 0.2) is 41.0 Å². The molecule has 0 spiro atoms. The Balaban J connectivity index is 1.38. The highest BCUT2D eigenvalue weighted by molar-refractivity contribution is 8.00. The Morgan fingerprint density at radius 1 is 1.25 bits per heavy atom. The number of aromatic nitrogens is 2. The van der Waals surface area contributed by atoms with Crippen LogP contribution in [0.5, 0.6) is 0 Å². The third kappa shape index (κ3) is 5.02. The van der Waals surface area contributed by atoms with E-state index < -0.39 is 5.97 Å². The SMILES string of the molecule is CCOC(=O)c1sc2c(c1NC(=O)CSc1ncnc3scc(-c4ccc(F)cc4)c13)CC[C@@H](C)C2. The minimum atomic E-state index is -0.396. The number of nitrogens with one attached hydrogen (secondary N) is 1. The number of carbonyl (C=O) groups excluding carboxylic acids is 2. The lowest BCUT2D eigenvalue weighted by atomic mass is 9.89. The Morgan fingerprint density at radius 2 is 2.06 bits per heavy atom. The van der Waals surface area contributed by atoms with E-state index >= 15 is 0 Å². The van der Waals surface area contributed by atoms with Crippen molar-refractivity contribution in [3.63, 3.8) is 0 Å². The highest BCUT2D eigenvalue weighted by Gasteiger charge is 2.28. The van der Waals surface area contributed by atoms with Crippen LogP contribution in [0, 0.1) is 11.7 Å². The molecule has 0 radical (unpaired) electrons. The number of esters is 1. The maximum absolute atomic E-state index is 13.4. The number of thiophene rings is 2. The number of anilines is 1. The lowest BCUT2D eigenvalue weighted by Gasteiger charge is -2.19. The number of hydrogen-bond acceptors (Lipinski definition) is 8. The van der Waals surface area contributed by atoms with E-state index in [1.165, 1.54) is 52.9 Å². The van der Waals surface area contributed by atoms with E-state index in [2.05, 4.69) is 22.2 Å². The summed E-state index contributed by atoms with van der Waals surface area (Å²) in [6, 6.07) is 6.30. The highest BCUT2D eigenvalue weighted by Crippen LogP contribution is 2.41. The molecule has 6 nitrogen and oxygen atoms in total. The van der Waals surface area contributed by atoms with Gasteiger partial charge in [-0.2, -0.15) is 0 Å². The number of fused-ring (bicyclic) bond motifs is 2. The van der Waals surface area contributed by atoms with Gasteiger partial charge >= 0.3 is 5.97 Å². The van der Waals surface area contributed by atoms with Crippen LogP contribution in [0.25, 0.3) is 21.3 Å². The predicted molar refractivity (Wildman–Crippen MR) is 144 cm³/mol. The third-order valence-corrected chi connectivity index (χ3v) is 9.18. The molecule has 0 bridgehead atoms. The number of thioether (sulfide) groups is 1. The van der Waals surface area contributed by atoms with Gasteiger partial charge < -0.3 is 10.1 Å². The second-order valence-electron chi connectivity index (χ2n) is 8.63. The van der Waals surface area contributed by atoms with Crippen molar-refractivity contribution in [3.8, 4) is 11.1 Å². The number of rotatable bonds is 7. The average molecular weight is 542 g/mol. The summed E-state index contributed by atoms with van der Waals surface area (Å²) in [5, 5.41) is 6.51. The first-order valence-corrected chi connectivity index (χ1v) is 14.3. The van der Waals surface area contributed by atoms with Gasteiger partial charge in [0.15, 0.2) is 0 Å². The molecule has 1 aromatic carbocycles. The van der Waals surface area contributed by atoms with Crippen LogP contribution in [0.3, 0.4) is 0 Å². The van der Waals surface area contributed by atoms with Crippen LogP contribution in [-0.4, -0.2) is 34.2 Å². The average Bonchev–Trinajstić information content (AvgIpc) is 3.45. The molecule has 1 aliphatic rings. The van der Waals surface area contributed by atoms with Crippen molar-refractivity contribution in [2.45, 2.75) is 38.1 Å². The van der Waals surface area contributed by atoms with Crippen molar-refractivity contribution in [1.82, 2.24) is 9.97 Å². The summed E-state index contributed by atoms with van der Waals surface area (Å²) >= 11 is 4.23. The van der Waals surface area contributed by atoms with Gasteiger partial charge in [-0.1, -0.05) is 30.8 Å². The zero-order valence-corrected chi connectivity index (χ0v) is 22.2. The topological polar surface area (TPSA) is 81.2 Å². The second-order valence-corrected chi connectivity index (χ2v) is 11.6. The zero-order valence-electron chi connectivity index (χ0n) is 19.8. The van der Waals surface area contributed by atoms with E-state index in [0.717, 1.165) is 51.0 Å². The standard InChI is InChI=1S/C26H24FN3O3S3/c1-3-33-26(32)23-22(17-9-4-14(2)10-19(17)36-23)30-20(31)12-35-25-21-18(11-34-24(21)28-13-29-25)15-5-7-16(27)8-6-15/h5-8,11,13-14H,3-4,9-10,12H2,1-2H3,(H,30,31)/t14-/m1/s1. The van der Waals surface area contributed by atoms with Crippen molar-refractivity contribution in [2.24, 2.45) is 5.92 Å². The third-order valence-electron chi connectivity index (χ3n) is 6.07. The molecule has 186 valence electrons. The molecule has 10 heteroatoms. The first-order valence-electron chi connectivity index (χ1n) is 11.7. The normalized spacial score (nSPS) is 15.0. The quantitative estimate of drug-likeness (QED) is 0.161. The van der Waals surface area contributed by atoms with E-state index in [0.29, 0.717) is 21.5 Å². The van der Waals surface area contributed by atoms with Crippen LogP contribution in [0.4, 0.5) is 10.1 Å². The lowest BCUT2D eigenvalue weighted by molar-refractivity contribution is -0.113. The fraction of sp³-hybridized carbons (Fsp3) is 0.308. The number of hydrogen-bond donors (Lipinski definition) is 1. The van der Waals surface area contributed by atoms with Gasteiger partial charge in [-0.3, -0.25) is 4.79 Å². The molecule has 3 heterocycles. The Labute approximate surface area is 220 Å². The molecular formula is C26H24FN3O3S3. The molecule has 0 saturated carbocycles. The van der Waals surface area contributed by atoms with E-state index in [4.69, 9.17) is 4.74 Å². The molecule has 0 saturated heterocycles. The molecule has 5 rings (SSSR count). The van der Waals surface area contributed by atoms with E-state index in [9.17, 15) is 14.0 Å². The van der Waals surface area contributed by atoms with Crippen LogP contribution >= 0.6 is 34.4 Å². The van der Waals surface area contributed by atoms with Gasteiger partial charge in [-0.15, -0.1) is 22.7 Å². The molecule has 0 fully saturated rings. The van der Waals surface area contributed by atoms with Gasteiger partial charge in [0.25, 0.3) is 0 Å². The van der Waals surface area contributed by atoms with E-state index in [1.54, 1.807) is 19.1 Å². The molecule has 1 atom stereocenters. The molecule has 4 aromatic rings. The predicted octanol–water partition coefficient (Wildman–Crippen LogP) is 6.59. The minimum Gasteiger partial charge on any atom is -0.462 e. The van der Waals surface area contributed by atoms with Crippen molar-refractivity contribution >= 4 is 62.2 Å². The molecule has 1 N–H and O–H groups in total. The van der Waals surface area contributed by atoms with Gasteiger partial charge in [0.1, 0.15) is 26.9 Å². The fourth-order valence-electron chi connectivity index (χ4n) is 4.33. The number of amides is 1. The monoisotopic (exact) mass is 541 g/mol. The summed E-state index contributed by atoms with van der Waals surface area (Å²) < 4.78 is 18.7. The number of halogens is 1. The Bertz CT molecular complexity index is 1430. The van der Waals surface area contributed by atoms with E-state index in [-0.39, 0.29) is 24.1 Å². The Kier molecular flexibility index (Phi) is 7.36. The van der Waals surface area contributed by atoms with Crippen molar-refractivity contribution in [3.05, 3.63) is 57.1 Å². The molecular weight excluding hydrogens is 518 g/mol. The minimum absolute atomic E-state index is 0.119. The number of nitrogens with zero attached hydrogens (tertiary/aromatic N) is 2.